The maximum atomic E-state index is 13.7. The molecule has 0 radical (unpaired) electrons. The second kappa shape index (κ2) is 9.40. The number of esters is 1. The molecule has 6 nitrogen and oxygen atoms in total. The Hall–Kier alpha value is -3.49. The standard InChI is InChI=1S/C26H21N3O3S2/c1-28-20-13-6-7-14-21(20)33-24(28)22-23(30)29(16-17-9-4-3-5-10-17)26(34-22)27-19-12-8-11-18(15-19)25(31)32-2/h3-15H,16H2,1-2H3. The Morgan fingerprint density at radius 1 is 0.971 bits per heavy atom. The molecule has 5 rings (SSSR count). The first-order valence-electron chi connectivity index (χ1n) is 10.6. The third-order valence-electron chi connectivity index (χ3n) is 5.47. The van der Waals surface area contributed by atoms with Gasteiger partial charge in [0.25, 0.3) is 5.91 Å². The third-order valence-corrected chi connectivity index (χ3v) is 7.90. The van der Waals surface area contributed by atoms with Gasteiger partial charge in [-0.15, -0.1) is 0 Å². The minimum atomic E-state index is -0.428. The van der Waals surface area contributed by atoms with Crippen LogP contribution in [0.5, 0.6) is 0 Å². The Bertz CT molecular complexity index is 1340. The Kier molecular flexibility index (Phi) is 6.17. The van der Waals surface area contributed by atoms with E-state index < -0.39 is 5.97 Å². The van der Waals surface area contributed by atoms with Gasteiger partial charge in [-0.2, -0.15) is 0 Å². The van der Waals surface area contributed by atoms with Crippen molar-refractivity contribution in [2.45, 2.75) is 11.4 Å². The van der Waals surface area contributed by atoms with Gasteiger partial charge in [0.05, 0.1) is 35.6 Å². The van der Waals surface area contributed by atoms with Gasteiger partial charge >= 0.3 is 5.97 Å². The van der Waals surface area contributed by atoms with E-state index in [1.165, 1.54) is 18.9 Å². The number of nitrogens with zero attached hydrogens (tertiary/aromatic N) is 3. The van der Waals surface area contributed by atoms with Crippen LogP contribution >= 0.6 is 23.5 Å². The highest BCUT2D eigenvalue weighted by Crippen LogP contribution is 2.50. The van der Waals surface area contributed by atoms with E-state index in [2.05, 4.69) is 17.0 Å². The number of carbonyl (C=O) groups excluding carboxylic acids is 2. The zero-order valence-electron chi connectivity index (χ0n) is 18.6. The first kappa shape index (κ1) is 22.3. The van der Waals surface area contributed by atoms with Crippen LogP contribution in [0.4, 0.5) is 11.4 Å². The molecule has 1 saturated heterocycles. The van der Waals surface area contributed by atoms with Gasteiger partial charge in [0, 0.05) is 11.9 Å². The molecular formula is C26H21N3O3S2. The summed E-state index contributed by atoms with van der Waals surface area (Å²) >= 11 is 2.95. The molecule has 2 heterocycles. The number of benzene rings is 3. The molecule has 34 heavy (non-hydrogen) atoms. The second-order valence-corrected chi connectivity index (χ2v) is 9.69. The molecule has 8 heteroatoms. The number of rotatable bonds is 4. The second-order valence-electron chi connectivity index (χ2n) is 7.68. The number of hydrogen-bond acceptors (Lipinski definition) is 7. The molecular weight excluding hydrogens is 466 g/mol. The summed E-state index contributed by atoms with van der Waals surface area (Å²) in [7, 11) is 3.33. The van der Waals surface area contributed by atoms with Gasteiger partial charge < -0.3 is 9.64 Å². The van der Waals surface area contributed by atoms with E-state index in [4.69, 9.17) is 9.73 Å². The molecule has 0 unspecified atom stereocenters. The highest BCUT2D eigenvalue weighted by Gasteiger charge is 2.39. The zero-order chi connectivity index (χ0) is 23.7. The topological polar surface area (TPSA) is 62.2 Å². The normalized spacial score (nSPS) is 18.5. The van der Waals surface area contributed by atoms with Crippen LogP contribution in [0.1, 0.15) is 15.9 Å². The van der Waals surface area contributed by atoms with Gasteiger partial charge in [0.15, 0.2) is 5.17 Å². The van der Waals surface area contributed by atoms with Gasteiger partial charge in [-0.25, -0.2) is 9.79 Å². The fourth-order valence-corrected chi connectivity index (χ4v) is 6.10. The van der Waals surface area contributed by atoms with E-state index in [9.17, 15) is 9.59 Å². The Labute approximate surface area is 206 Å². The van der Waals surface area contributed by atoms with Crippen LogP contribution < -0.4 is 4.90 Å². The number of amides is 1. The average Bonchev–Trinajstić information content (AvgIpc) is 3.36. The number of hydrogen-bond donors (Lipinski definition) is 0. The first-order valence-corrected chi connectivity index (χ1v) is 12.2. The van der Waals surface area contributed by atoms with Crippen molar-refractivity contribution < 1.29 is 14.3 Å². The van der Waals surface area contributed by atoms with Gasteiger partial charge in [-0.3, -0.25) is 9.69 Å². The van der Waals surface area contributed by atoms with Crippen LogP contribution in [-0.2, 0) is 16.1 Å². The minimum absolute atomic E-state index is 0.0844. The van der Waals surface area contributed by atoms with Crippen molar-refractivity contribution in [1.82, 2.24) is 4.90 Å². The quantitative estimate of drug-likeness (QED) is 0.350. The molecule has 0 aromatic heterocycles. The lowest BCUT2D eigenvalue weighted by molar-refractivity contribution is -0.122. The lowest BCUT2D eigenvalue weighted by atomic mass is 10.2. The van der Waals surface area contributed by atoms with E-state index in [-0.39, 0.29) is 5.91 Å². The van der Waals surface area contributed by atoms with Crippen molar-refractivity contribution in [3.05, 3.63) is 99.9 Å². The highest BCUT2D eigenvalue weighted by molar-refractivity contribution is 8.19. The van der Waals surface area contributed by atoms with Crippen molar-refractivity contribution in [2.24, 2.45) is 4.99 Å². The van der Waals surface area contributed by atoms with Crippen molar-refractivity contribution in [3.8, 4) is 0 Å². The summed E-state index contributed by atoms with van der Waals surface area (Å²) in [6.45, 7) is 0.403. The largest absolute Gasteiger partial charge is 0.465 e. The van der Waals surface area contributed by atoms with Crippen LogP contribution in [0, 0.1) is 0 Å². The molecule has 0 bridgehead atoms. The number of para-hydroxylation sites is 1. The fourth-order valence-electron chi connectivity index (χ4n) is 3.76. The summed E-state index contributed by atoms with van der Waals surface area (Å²) in [6.07, 6.45) is 0. The van der Waals surface area contributed by atoms with Gasteiger partial charge in [-0.05, 0) is 47.7 Å². The number of methoxy groups -OCH3 is 1. The lowest BCUT2D eigenvalue weighted by Gasteiger charge is -2.17. The summed E-state index contributed by atoms with van der Waals surface area (Å²) in [4.78, 5) is 35.9. The Morgan fingerprint density at radius 2 is 1.74 bits per heavy atom. The molecule has 0 spiro atoms. The van der Waals surface area contributed by atoms with Gasteiger partial charge in [-0.1, -0.05) is 60.3 Å². The monoisotopic (exact) mass is 487 g/mol. The highest BCUT2D eigenvalue weighted by atomic mass is 32.2. The maximum Gasteiger partial charge on any atom is 0.337 e. The molecule has 1 amide bonds. The van der Waals surface area contributed by atoms with E-state index in [0.29, 0.717) is 27.9 Å². The molecule has 0 aliphatic carbocycles. The number of anilines is 1. The zero-order valence-corrected chi connectivity index (χ0v) is 20.2. The number of aliphatic imine (C=N–C) groups is 1. The van der Waals surface area contributed by atoms with Crippen molar-refractivity contribution >= 4 is 51.9 Å². The van der Waals surface area contributed by atoms with E-state index >= 15 is 0 Å². The third kappa shape index (κ3) is 4.22. The van der Waals surface area contributed by atoms with Crippen LogP contribution in [0.3, 0.4) is 0 Å². The maximum absolute atomic E-state index is 13.7. The van der Waals surface area contributed by atoms with Gasteiger partial charge in [0.2, 0.25) is 0 Å². The van der Waals surface area contributed by atoms with Crippen LogP contribution in [0.2, 0.25) is 0 Å². The van der Waals surface area contributed by atoms with Crippen LogP contribution in [0.15, 0.2) is 98.7 Å². The molecule has 0 N–H and O–H groups in total. The predicted molar refractivity (Wildman–Crippen MR) is 137 cm³/mol. The Balaban J connectivity index is 1.55. The molecule has 0 saturated carbocycles. The number of amidine groups is 1. The SMILES string of the molecule is COC(=O)c1cccc(N=C2SC(=C3Sc4ccccc4N3C)C(=O)N2Cc2ccccc2)c1. The summed E-state index contributed by atoms with van der Waals surface area (Å²) in [6, 6.07) is 24.9. The molecule has 2 aliphatic heterocycles. The van der Waals surface area contributed by atoms with Crippen molar-refractivity contribution in [2.75, 3.05) is 19.1 Å². The van der Waals surface area contributed by atoms with E-state index in [1.54, 1.807) is 34.9 Å². The molecule has 3 aromatic carbocycles. The molecule has 170 valence electrons. The number of carbonyl (C=O) groups is 2. The number of fused-ring (bicyclic) bond motifs is 1. The molecule has 2 aliphatic rings. The Morgan fingerprint density at radius 3 is 2.50 bits per heavy atom. The predicted octanol–water partition coefficient (Wildman–Crippen LogP) is 5.65. The van der Waals surface area contributed by atoms with Gasteiger partial charge in [0.1, 0.15) is 4.91 Å². The first-order chi connectivity index (χ1) is 16.5. The summed E-state index contributed by atoms with van der Waals surface area (Å²) < 4.78 is 4.83. The molecule has 0 atom stereocenters. The average molecular weight is 488 g/mol. The number of ether oxygens (including phenoxy) is 1. The van der Waals surface area contributed by atoms with E-state index in [1.807, 2.05) is 55.6 Å². The van der Waals surface area contributed by atoms with Crippen molar-refractivity contribution in [3.63, 3.8) is 0 Å². The molecule has 3 aromatic rings. The van der Waals surface area contributed by atoms with Crippen LogP contribution in [0.25, 0.3) is 0 Å². The minimum Gasteiger partial charge on any atom is -0.465 e. The van der Waals surface area contributed by atoms with Crippen molar-refractivity contribution in [1.29, 1.82) is 0 Å². The summed E-state index contributed by atoms with van der Waals surface area (Å²) in [5.74, 6) is -0.512. The fraction of sp³-hybridized carbons (Fsp3) is 0.115. The summed E-state index contributed by atoms with van der Waals surface area (Å²) in [5, 5.41) is 1.46. The molecule has 1 fully saturated rings. The number of thioether (sulfide) groups is 2. The van der Waals surface area contributed by atoms with E-state index in [0.717, 1.165) is 21.2 Å². The summed E-state index contributed by atoms with van der Waals surface area (Å²) in [5.41, 5.74) is 3.08. The van der Waals surface area contributed by atoms with Crippen LogP contribution in [-0.4, -0.2) is 36.1 Å². The lowest BCUT2D eigenvalue weighted by Crippen LogP contribution is -2.29. The smallest absolute Gasteiger partial charge is 0.337 e.